The maximum atomic E-state index is 14.2. The fraction of sp³-hybridized carbons (Fsp3) is 0.467. The van der Waals surface area contributed by atoms with Crippen LogP contribution in [0, 0.1) is 11.8 Å². The molecule has 3 unspecified atom stereocenters. The summed E-state index contributed by atoms with van der Waals surface area (Å²) in [5.74, 6) is 5.21. The van der Waals surface area contributed by atoms with Gasteiger partial charge in [0.15, 0.2) is 17.3 Å². The minimum absolute atomic E-state index is 0.0664. The second kappa shape index (κ2) is 32.4. The van der Waals surface area contributed by atoms with E-state index in [0.717, 1.165) is 96.1 Å². The Morgan fingerprint density at radius 1 is 0.368 bits per heavy atom. The monoisotopic (exact) mass is 1270 g/mol. The second-order valence-corrected chi connectivity index (χ2v) is 33.0. The zero-order chi connectivity index (χ0) is 69.1. The van der Waals surface area contributed by atoms with Gasteiger partial charge in [0.2, 0.25) is 0 Å². The first-order valence-corrected chi connectivity index (χ1v) is 36.7. The zero-order valence-electron chi connectivity index (χ0n) is 61.7. The van der Waals surface area contributed by atoms with E-state index in [0.29, 0.717) is 35.5 Å². The SMILES string of the molecule is C=Cc1ccc(C(C)C)c(C(=O)c2cc(C3CCCC(c4ccccc4)C3)ccc2C(C)(C)C)c1.C=Cc1ccc(C(C)C)c(C(=O)c2cc(C3CCCCC3)ccc2C(C)(C)C)c1.CC(C)C[C@@H]1CCCC(c2ccc(C(C)(C)C)c(C(=O)c3ccccc3C(C)C)c2)C1. The van der Waals surface area contributed by atoms with Crippen LogP contribution < -0.4 is 0 Å². The molecule has 0 radical (unpaired) electrons. The summed E-state index contributed by atoms with van der Waals surface area (Å²) in [5, 5.41) is 0. The van der Waals surface area contributed by atoms with E-state index in [2.05, 4.69) is 246 Å². The second-order valence-electron chi connectivity index (χ2n) is 33.0. The third-order valence-corrected chi connectivity index (χ3v) is 21.0. The van der Waals surface area contributed by atoms with Crippen molar-refractivity contribution in [3.05, 3.63) is 259 Å². The van der Waals surface area contributed by atoms with Gasteiger partial charge >= 0.3 is 0 Å². The number of carbonyl (C=O) groups excluding carboxylic acids is 3. The predicted molar refractivity (Wildman–Crippen MR) is 408 cm³/mol. The normalized spacial score (nSPS) is 18.0. The lowest BCUT2D eigenvalue weighted by Gasteiger charge is -2.31. The van der Waals surface area contributed by atoms with Crippen LogP contribution in [0.15, 0.2) is 159 Å². The molecule has 3 fully saturated rings. The summed E-state index contributed by atoms with van der Waals surface area (Å²) in [5.41, 5.74) is 19.1. The molecule has 3 aliphatic carbocycles. The van der Waals surface area contributed by atoms with Gasteiger partial charge in [0.25, 0.3) is 0 Å². The van der Waals surface area contributed by atoms with Crippen molar-refractivity contribution in [2.45, 2.75) is 265 Å². The van der Waals surface area contributed by atoms with Gasteiger partial charge in [-0.15, -0.1) is 0 Å². The van der Waals surface area contributed by atoms with Crippen molar-refractivity contribution < 1.29 is 14.4 Å². The molecule has 0 aromatic heterocycles. The van der Waals surface area contributed by atoms with Gasteiger partial charge in [0.1, 0.15) is 0 Å². The Labute approximate surface area is 576 Å². The molecule has 504 valence electrons. The van der Waals surface area contributed by atoms with Crippen molar-refractivity contribution >= 4 is 29.5 Å². The number of benzene rings is 7. The third kappa shape index (κ3) is 18.8. The third-order valence-electron chi connectivity index (χ3n) is 21.0. The smallest absolute Gasteiger partial charge is 0.193 e. The van der Waals surface area contributed by atoms with Gasteiger partial charge < -0.3 is 0 Å². The Morgan fingerprint density at radius 3 is 1.16 bits per heavy atom. The molecule has 0 saturated heterocycles. The van der Waals surface area contributed by atoms with E-state index in [4.69, 9.17) is 0 Å². The molecule has 0 spiro atoms. The maximum absolute atomic E-state index is 14.2. The molecule has 95 heavy (non-hydrogen) atoms. The van der Waals surface area contributed by atoms with E-state index in [1.807, 2.05) is 42.5 Å². The van der Waals surface area contributed by atoms with Gasteiger partial charge in [0, 0.05) is 33.4 Å². The average Bonchev–Trinajstić information content (AvgIpc) is 0.889. The minimum Gasteiger partial charge on any atom is -0.289 e. The molecule has 7 aromatic rings. The molecular weight excluding hydrogens is 1150 g/mol. The van der Waals surface area contributed by atoms with Gasteiger partial charge in [0.05, 0.1) is 0 Å². The number of rotatable bonds is 17. The number of carbonyl (C=O) groups is 3. The molecule has 4 atom stereocenters. The van der Waals surface area contributed by atoms with Crippen molar-refractivity contribution in [3.63, 3.8) is 0 Å². The van der Waals surface area contributed by atoms with Crippen LogP contribution in [-0.2, 0) is 16.2 Å². The molecule has 0 bridgehead atoms. The summed E-state index contributed by atoms with van der Waals surface area (Å²) in [6, 6.07) is 51.7. The van der Waals surface area contributed by atoms with E-state index >= 15 is 0 Å². The van der Waals surface area contributed by atoms with Crippen LogP contribution in [0.4, 0.5) is 0 Å². The van der Waals surface area contributed by atoms with Crippen molar-refractivity contribution in [2.24, 2.45) is 11.8 Å². The summed E-state index contributed by atoms with van der Waals surface area (Å²) in [6.45, 7) is 45.3. The number of hydrogen-bond acceptors (Lipinski definition) is 3. The molecule has 7 aromatic carbocycles. The van der Waals surface area contributed by atoms with Crippen LogP contribution in [0.25, 0.3) is 12.2 Å². The topological polar surface area (TPSA) is 51.2 Å². The molecule has 3 aliphatic rings. The van der Waals surface area contributed by atoms with Crippen LogP contribution in [-0.4, -0.2) is 17.3 Å². The molecule has 0 N–H and O–H groups in total. The Kier molecular flexibility index (Phi) is 25.2. The first kappa shape index (κ1) is 73.8. The Bertz CT molecular complexity index is 3760. The van der Waals surface area contributed by atoms with Crippen molar-refractivity contribution in [1.29, 1.82) is 0 Å². The van der Waals surface area contributed by atoms with Gasteiger partial charge in [-0.3, -0.25) is 14.4 Å². The molecule has 0 amide bonds. The molecule has 10 rings (SSSR count). The average molecular weight is 1270 g/mol. The number of hydrogen-bond donors (Lipinski definition) is 0. The molecular formula is C92H118O3. The van der Waals surface area contributed by atoms with Gasteiger partial charge in [-0.2, -0.15) is 0 Å². The fourth-order valence-corrected chi connectivity index (χ4v) is 15.8. The molecule has 0 heterocycles. The first-order chi connectivity index (χ1) is 45.0. The lowest BCUT2D eigenvalue weighted by atomic mass is 9.73. The van der Waals surface area contributed by atoms with Gasteiger partial charge in [-0.25, -0.2) is 0 Å². The van der Waals surface area contributed by atoms with E-state index in [-0.39, 0.29) is 39.5 Å². The van der Waals surface area contributed by atoms with E-state index in [1.165, 1.54) is 106 Å². The van der Waals surface area contributed by atoms with Crippen molar-refractivity contribution in [1.82, 2.24) is 0 Å². The highest BCUT2D eigenvalue weighted by Gasteiger charge is 2.33. The van der Waals surface area contributed by atoms with Crippen LogP contribution >= 0.6 is 0 Å². The van der Waals surface area contributed by atoms with Crippen molar-refractivity contribution in [3.8, 4) is 0 Å². The Morgan fingerprint density at radius 2 is 0.737 bits per heavy atom. The van der Waals surface area contributed by atoms with E-state index in [9.17, 15) is 14.4 Å². The van der Waals surface area contributed by atoms with Crippen LogP contribution in [0.5, 0.6) is 0 Å². The lowest BCUT2D eigenvalue weighted by molar-refractivity contribution is 0.102. The van der Waals surface area contributed by atoms with Crippen LogP contribution in [0.3, 0.4) is 0 Å². The highest BCUT2D eigenvalue weighted by Crippen LogP contribution is 2.45. The molecule has 3 saturated carbocycles. The Balaban J connectivity index is 0.000000183. The van der Waals surface area contributed by atoms with E-state index in [1.54, 1.807) is 0 Å². The first-order valence-electron chi connectivity index (χ1n) is 36.7. The van der Waals surface area contributed by atoms with Crippen LogP contribution in [0.1, 0.15) is 364 Å². The highest BCUT2D eigenvalue weighted by molar-refractivity contribution is 6.13. The van der Waals surface area contributed by atoms with Gasteiger partial charge in [-0.1, -0.05) is 297 Å². The summed E-state index contributed by atoms with van der Waals surface area (Å²) >= 11 is 0. The summed E-state index contributed by atoms with van der Waals surface area (Å²) < 4.78 is 0. The quantitative estimate of drug-likeness (QED) is 0.0854. The lowest BCUT2D eigenvalue weighted by Crippen LogP contribution is -2.20. The molecule has 3 nitrogen and oxygen atoms in total. The fourth-order valence-electron chi connectivity index (χ4n) is 15.8. The van der Waals surface area contributed by atoms with E-state index < -0.39 is 0 Å². The maximum Gasteiger partial charge on any atom is 0.193 e. The summed E-state index contributed by atoms with van der Waals surface area (Å²) in [7, 11) is 0. The van der Waals surface area contributed by atoms with Crippen molar-refractivity contribution in [2.75, 3.05) is 0 Å². The zero-order valence-corrected chi connectivity index (χ0v) is 61.7. The summed E-state index contributed by atoms with van der Waals surface area (Å²) in [4.78, 5) is 42.0. The minimum atomic E-state index is -0.114. The standard InChI is InChI=1S/C34H40O.C30H42O.C28H36O/c1-7-24-16-18-29(23(2)3)30(20-24)33(35)31-22-28(17-19-32(31)34(4,5)6)27-15-11-14-26(21-27)25-12-9-8-10-13-25;1-20(2)17-22-11-10-12-23(18-22)24-15-16-28(30(5,6)7)27(19-24)29(31)26-14-9-8-13-25(26)21(3)4;1-7-20-13-15-23(19(2)3)24(17-20)27(29)25-18-22(21-11-9-8-10-12-21)14-16-26(25)28(4,5)6/h7-10,12-13,16-20,22-23,26-27H,1,11,14-15,21H2,2-6H3;8-9,13-16,19-23H,10-12,17-18H2,1-7H3;7,13-19,21H,1,8-12H2,2-6H3/t;22-,23?;/m.0./s1. The molecule has 0 aliphatic heterocycles. The van der Waals surface area contributed by atoms with Crippen LogP contribution in [0.2, 0.25) is 0 Å². The predicted octanol–water partition coefficient (Wildman–Crippen LogP) is 26.1. The van der Waals surface area contributed by atoms with Gasteiger partial charge in [-0.05, 0) is 218 Å². The molecule has 3 heteroatoms. The summed E-state index contributed by atoms with van der Waals surface area (Å²) in [6.07, 6.45) is 21.4. The largest absolute Gasteiger partial charge is 0.289 e. The highest BCUT2D eigenvalue weighted by atomic mass is 16.1. The number of ketones is 3. The Hall–Kier alpha value is -6.97.